The van der Waals surface area contributed by atoms with Crippen molar-refractivity contribution in [3.8, 4) is 0 Å². The van der Waals surface area contributed by atoms with Gasteiger partial charge in [0.1, 0.15) is 0 Å². The summed E-state index contributed by atoms with van der Waals surface area (Å²) < 4.78 is 21.2. The Kier molecular flexibility index (Phi) is 14.2. The van der Waals surface area contributed by atoms with Crippen molar-refractivity contribution in [3.05, 3.63) is 0 Å². The quantitative estimate of drug-likeness (QED) is 0.140. The molecule has 2 aliphatic rings. The molecule has 3 amide bonds. The van der Waals surface area contributed by atoms with Gasteiger partial charge < -0.3 is 40.0 Å². The number of ether oxygens (including phenoxy) is 4. The van der Waals surface area contributed by atoms with Gasteiger partial charge in [-0.1, -0.05) is 6.42 Å². The van der Waals surface area contributed by atoms with Gasteiger partial charge in [-0.25, -0.2) is 4.79 Å². The summed E-state index contributed by atoms with van der Waals surface area (Å²) in [6.45, 7) is 3.63. The number of thioether (sulfide) groups is 1. The summed E-state index contributed by atoms with van der Waals surface area (Å²) in [5.74, 6) is 0.115. The van der Waals surface area contributed by atoms with Crippen molar-refractivity contribution in [3.63, 3.8) is 0 Å². The summed E-state index contributed by atoms with van der Waals surface area (Å²) >= 11 is 1.90. The number of carboxylic acid groups (broad SMARTS) is 1. The lowest BCUT2D eigenvalue weighted by atomic mass is 10.0. The number of carbonyl (C=O) groups excluding carboxylic acids is 2. The minimum Gasteiger partial charge on any atom is -0.481 e. The maximum Gasteiger partial charge on any atom is 0.315 e. The molecule has 0 unspecified atom stereocenters. The Morgan fingerprint density at radius 3 is 2.21 bits per heavy atom. The van der Waals surface area contributed by atoms with E-state index < -0.39 is 5.97 Å². The summed E-state index contributed by atoms with van der Waals surface area (Å²) in [6.07, 6.45) is 3.32. The van der Waals surface area contributed by atoms with E-state index in [4.69, 9.17) is 24.1 Å². The molecule has 4 N–H and O–H groups in total. The van der Waals surface area contributed by atoms with Crippen LogP contribution in [0.15, 0.2) is 0 Å². The van der Waals surface area contributed by atoms with Crippen LogP contribution in [0.4, 0.5) is 4.79 Å². The van der Waals surface area contributed by atoms with Crippen LogP contribution in [0, 0.1) is 0 Å². The third kappa shape index (κ3) is 12.4. The third-order valence-electron chi connectivity index (χ3n) is 5.23. The zero-order valence-electron chi connectivity index (χ0n) is 19.1. The van der Waals surface area contributed by atoms with E-state index in [1.807, 2.05) is 11.8 Å². The number of rotatable bonds is 20. The maximum absolute atomic E-state index is 11.9. The molecule has 0 radical (unpaired) electrons. The normalized spacial score (nSPS) is 21.5. The number of nitrogens with one attached hydrogen (secondary N) is 3. The fraction of sp³-hybridized carbons (Fsp3) is 0.857. The first-order valence-electron chi connectivity index (χ1n) is 11.5. The SMILES string of the molecule is O=C(O)CCOCCOCCOCCOCCNC(=O)CCCC[C@@H]1SC[C@H]2NC(=O)N[C@@H]12. The number of carbonyl (C=O) groups is 3. The Balaban J connectivity index is 1.28. The van der Waals surface area contributed by atoms with E-state index in [0.29, 0.717) is 64.5 Å². The number of urea groups is 1. The highest BCUT2D eigenvalue weighted by molar-refractivity contribution is 8.00. The lowest BCUT2D eigenvalue weighted by molar-refractivity contribution is -0.138. The number of hydrogen-bond donors (Lipinski definition) is 4. The van der Waals surface area contributed by atoms with Crippen LogP contribution in [0.2, 0.25) is 0 Å². The molecule has 190 valence electrons. The third-order valence-corrected chi connectivity index (χ3v) is 6.73. The van der Waals surface area contributed by atoms with Gasteiger partial charge in [0.2, 0.25) is 5.91 Å². The van der Waals surface area contributed by atoms with Crippen LogP contribution in [0.25, 0.3) is 0 Å². The predicted octanol–water partition coefficient (Wildman–Crippen LogP) is 0.370. The number of fused-ring (bicyclic) bond motifs is 1. The molecular formula is C21H37N3O8S. The minimum absolute atomic E-state index is 0.00563. The van der Waals surface area contributed by atoms with Crippen molar-refractivity contribution in [2.45, 2.75) is 49.4 Å². The first kappa shape index (κ1) is 27.6. The Hall–Kier alpha value is -1.60. The van der Waals surface area contributed by atoms with E-state index in [0.717, 1.165) is 25.0 Å². The second-order valence-electron chi connectivity index (χ2n) is 7.81. The summed E-state index contributed by atoms with van der Waals surface area (Å²) in [5, 5.41) is 17.7. The monoisotopic (exact) mass is 491 g/mol. The predicted molar refractivity (Wildman–Crippen MR) is 122 cm³/mol. The van der Waals surface area contributed by atoms with E-state index >= 15 is 0 Å². The van der Waals surface area contributed by atoms with Gasteiger partial charge >= 0.3 is 12.0 Å². The molecule has 0 aliphatic carbocycles. The number of carboxylic acids is 1. The minimum atomic E-state index is -0.878. The van der Waals surface area contributed by atoms with Crippen molar-refractivity contribution in [2.24, 2.45) is 0 Å². The molecule has 0 aromatic carbocycles. The molecule has 0 aromatic rings. The van der Waals surface area contributed by atoms with Crippen LogP contribution in [0.3, 0.4) is 0 Å². The standard InChI is InChI=1S/C21H37N3O8S/c25-18(4-2-1-3-17-20-16(15-33-17)23-21(28)24-20)22-6-8-30-10-12-32-14-13-31-11-9-29-7-5-19(26)27/h16-17,20H,1-15H2,(H,22,25)(H,26,27)(H2,23,24,28)/t16-,17+,20-/m1/s1. The van der Waals surface area contributed by atoms with Crippen LogP contribution in [-0.2, 0) is 28.5 Å². The van der Waals surface area contributed by atoms with Crippen LogP contribution in [0.5, 0.6) is 0 Å². The van der Waals surface area contributed by atoms with Crippen molar-refractivity contribution in [1.82, 2.24) is 16.0 Å². The average molecular weight is 492 g/mol. The van der Waals surface area contributed by atoms with Crippen molar-refractivity contribution < 1.29 is 38.4 Å². The molecule has 2 rings (SSSR count). The molecule has 0 spiro atoms. The highest BCUT2D eigenvalue weighted by atomic mass is 32.2. The summed E-state index contributed by atoms with van der Waals surface area (Å²) in [5.41, 5.74) is 0. The van der Waals surface area contributed by atoms with Crippen molar-refractivity contribution in [2.75, 3.05) is 65.2 Å². The fourth-order valence-corrected chi connectivity index (χ4v) is 5.09. The van der Waals surface area contributed by atoms with Crippen LogP contribution in [-0.4, -0.2) is 106 Å². The van der Waals surface area contributed by atoms with Gasteiger partial charge in [-0.2, -0.15) is 11.8 Å². The zero-order valence-corrected chi connectivity index (χ0v) is 19.9. The van der Waals surface area contributed by atoms with E-state index in [1.165, 1.54) is 0 Å². The summed E-state index contributed by atoms with van der Waals surface area (Å²) in [7, 11) is 0. The number of amides is 3. The Morgan fingerprint density at radius 1 is 0.909 bits per heavy atom. The van der Waals surface area contributed by atoms with Gasteiger partial charge in [0.05, 0.1) is 71.4 Å². The second-order valence-corrected chi connectivity index (χ2v) is 9.08. The molecule has 11 nitrogen and oxygen atoms in total. The Labute approximate surface area is 199 Å². The molecule has 0 bridgehead atoms. The van der Waals surface area contributed by atoms with Gasteiger partial charge in [-0.05, 0) is 12.8 Å². The van der Waals surface area contributed by atoms with E-state index in [9.17, 15) is 14.4 Å². The molecule has 33 heavy (non-hydrogen) atoms. The lowest BCUT2D eigenvalue weighted by Gasteiger charge is -2.16. The highest BCUT2D eigenvalue weighted by Crippen LogP contribution is 2.33. The van der Waals surface area contributed by atoms with Gasteiger partial charge in [0.25, 0.3) is 0 Å². The summed E-state index contributed by atoms with van der Waals surface area (Å²) in [4.78, 5) is 33.6. The van der Waals surface area contributed by atoms with Crippen molar-refractivity contribution in [1.29, 1.82) is 0 Å². The van der Waals surface area contributed by atoms with Crippen LogP contribution in [0.1, 0.15) is 32.1 Å². The number of unbranched alkanes of at least 4 members (excludes halogenated alkanes) is 1. The van der Waals surface area contributed by atoms with Crippen molar-refractivity contribution >= 4 is 29.7 Å². The average Bonchev–Trinajstić information content (AvgIpc) is 3.33. The molecule has 12 heteroatoms. The molecule has 0 aromatic heterocycles. The van der Waals surface area contributed by atoms with Gasteiger partial charge in [0.15, 0.2) is 0 Å². The van der Waals surface area contributed by atoms with E-state index in [1.54, 1.807) is 0 Å². The zero-order chi connectivity index (χ0) is 23.7. The Morgan fingerprint density at radius 2 is 1.55 bits per heavy atom. The molecule has 2 aliphatic heterocycles. The maximum atomic E-state index is 11.9. The summed E-state index contributed by atoms with van der Waals surface area (Å²) in [6, 6.07) is 0.408. The van der Waals surface area contributed by atoms with Gasteiger partial charge in [-0.15, -0.1) is 0 Å². The molecule has 2 saturated heterocycles. The first-order chi connectivity index (χ1) is 16.1. The second kappa shape index (κ2) is 16.9. The molecular weight excluding hydrogens is 454 g/mol. The van der Waals surface area contributed by atoms with Crippen LogP contribution < -0.4 is 16.0 Å². The number of aliphatic carboxylic acids is 1. The molecule has 2 fully saturated rings. The largest absolute Gasteiger partial charge is 0.481 e. The topological polar surface area (TPSA) is 144 Å². The molecule has 2 heterocycles. The Bertz CT molecular complexity index is 598. The fourth-order valence-electron chi connectivity index (χ4n) is 3.55. The van der Waals surface area contributed by atoms with E-state index in [-0.39, 0.29) is 37.0 Å². The number of hydrogen-bond acceptors (Lipinski definition) is 8. The molecule has 0 saturated carbocycles. The highest BCUT2D eigenvalue weighted by Gasteiger charge is 2.42. The smallest absolute Gasteiger partial charge is 0.315 e. The van der Waals surface area contributed by atoms with Crippen LogP contribution >= 0.6 is 11.8 Å². The van der Waals surface area contributed by atoms with Gasteiger partial charge in [0, 0.05) is 24.0 Å². The van der Waals surface area contributed by atoms with E-state index in [2.05, 4.69) is 16.0 Å². The molecule has 3 atom stereocenters. The lowest BCUT2D eigenvalue weighted by Crippen LogP contribution is -2.36. The van der Waals surface area contributed by atoms with Gasteiger partial charge in [-0.3, -0.25) is 9.59 Å². The first-order valence-corrected chi connectivity index (χ1v) is 12.6.